The number of rotatable bonds is 2. The van der Waals surface area contributed by atoms with Crippen molar-refractivity contribution >= 4 is 28.7 Å². The average Bonchev–Trinajstić information content (AvgIpc) is 2.97. The molecule has 0 N–H and O–H groups in total. The smallest absolute Gasteiger partial charge is 0.206 e. The first-order valence-corrected chi connectivity index (χ1v) is 6.55. The van der Waals surface area contributed by atoms with Crippen molar-refractivity contribution in [1.82, 2.24) is 0 Å². The van der Waals surface area contributed by atoms with Crippen LogP contribution in [-0.2, 0) is 6.42 Å². The fourth-order valence-electron chi connectivity index (χ4n) is 1.98. The van der Waals surface area contributed by atoms with Gasteiger partial charge in [0.15, 0.2) is 0 Å². The summed E-state index contributed by atoms with van der Waals surface area (Å²) in [4.78, 5) is 13.0. The Kier molecular flexibility index (Phi) is 2.65. The zero-order valence-corrected chi connectivity index (χ0v) is 10.5. The number of hydrogen-bond acceptors (Lipinski definition) is 3. The fourth-order valence-corrected chi connectivity index (χ4v) is 2.90. The van der Waals surface area contributed by atoms with Gasteiger partial charge in [-0.15, -0.1) is 11.3 Å². The van der Waals surface area contributed by atoms with E-state index in [1.807, 2.05) is 23.6 Å². The van der Waals surface area contributed by atoms with Gasteiger partial charge in [0.1, 0.15) is 5.75 Å². The van der Waals surface area contributed by atoms with Crippen LogP contribution in [0.3, 0.4) is 0 Å². The number of ether oxygens (including phenoxy) is 1. The molecule has 1 aromatic heterocycles. The SMILES string of the molecule is O=C(c1cccs1)c1cc(Cl)cc2c1OCC2. The Morgan fingerprint density at radius 1 is 1.41 bits per heavy atom. The maximum Gasteiger partial charge on any atom is 0.206 e. The number of carbonyl (C=O) groups excluding carboxylic acids is 1. The second-order valence-electron chi connectivity index (χ2n) is 3.85. The van der Waals surface area contributed by atoms with Gasteiger partial charge in [-0.3, -0.25) is 4.79 Å². The number of fused-ring (bicyclic) bond motifs is 1. The van der Waals surface area contributed by atoms with Crippen LogP contribution in [0, 0.1) is 0 Å². The van der Waals surface area contributed by atoms with Gasteiger partial charge in [0, 0.05) is 11.4 Å². The molecule has 0 spiro atoms. The molecule has 86 valence electrons. The lowest BCUT2D eigenvalue weighted by molar-refractivity contribution is 0.103. The van der Waals surface area contributed by atoms with Gasteiger partial charge in [-0.05, 0) is 29.1 Å². The van der Waals surface area contributed by atoms with Crippen molar-refractivity contribution in [2.75, 3.05) is 6.61 Å². The summed E-state index contributed by atoms with van der Waals surface area (Å²) >= 11 is 7.46. The number of benzene rings is 1. The molecule has 4 heteroatoms. The molecular formula is C13H9ClO2S. The van der Waals surface area contributed by atoms with Crippen LogP contribution in [0.15, 0.2) is 29.6 Å². The first-order valence-electron chi connectivity index (χ1n) is 5.29. The lowest BCUT2D eigenvalue weighted by atomic mass is 10.0. The van der Waals surface area contributed by atoms with Gasteiger partial charge < -0.3 is 4.74 Å². The highest BCUT2D eigenvalue weighted by Crippen LogP contribution is 2.34. The number of halogens is 1. The Balaban J connectivity index is 2.12. The summed E-state index contributed by atoms with van der Waals surface area (Å²) in [6.07, 6.45) is 0.820. The van der Waals surface area contributed by atoms with Crippen molar-refractivity contribution in [1.29, 1.82) is 0 Å². The first-order chi connectivity index (χ1) is 8.25. The number of ketones is 1. The van der Waals surface area contributed by atoms with Crippen LogP contribution in [0.1, 0.15) is 20.8 Å². The number of hydrogen-bond donors (Lipinski definition) is 0. The molecule has 2 nitrogen and oxygen atoms in total. The summed E-state index contributed by atoms with van der Waals surface area (Å²) in [6, 6.07) is 7.24. The summed E-state index contributed by atoms with van der Waals surface area (Å²) in [6.45, 7) is 0.625. The molecule has 17 heavy (non-hydrogen) atoms. The maximum absolute atomic E-state index is 12.3. The molecule has 1 aliphatic heterocycles. The highest BCUT2D eigenvalue weighted by molar-refractivity contribution is 7.12. The molecule has 0 saturated carbocycles. The normalized spacial score (nSPS) is 13.2. The van der Waals surface area contributed by atoms with E-state index in [0.717, 1.165) is 12.0 Å². The quantitative estimate of drug-likeness (QED) is 0.775. The topological polar surface area (TPSA) is 26.3 Å². The average molecular weight is 265 g/mol. The fraction of sp³-hybridized carbons (Fsp3) is 0.154. The molecule has 1 aromatic carbocycles. The molecule has 0 amide bonds. The van der Waals surface area contributed by atoms with Crippen LogP contribution in [0.4, 0.5) is 0 Å². The zero-order chi connectivity index (χ0) is 11.8. The van der Waals surface area contributed by atoms with Gasteiger partial charge in [0.05, 0.1) is 17.0 Å². The van der Waals surface area contributed by atoms with E-state index in [0.29, 0.717) is 27.8 Å². The molecule has 0 saturated heterocycles. The van der Waals surface area contributed by atoms with Gasteiger partial charge in [0.25, 0.3) is 0 Å². The van der Waals surface area contributed by atoms with E-state index in [1.54, 1.807) is 6.07 Å². The predicted octanol–water partition coefficient (Wildman–Crippen LogP) is 3.57. The zero-order valence-electron chi connectivity index (χ0n) is 8.90. The summed E-state index contributed by atoms with van der Waals surface area (Å²) in [7, 11) is 0. The summed E-state index contributed by atoms with van der Waals surface area (Å²) in [5.41, 5.74) is 1.60. The lowest BCUT2D eigenvalue weighted by Crippen LogP contribution is -2.01. The highest BCUT2D eigenvalue weighted by Gasteiger charge is 2.23. The Hall–Kier alpha value is -1.32. The van der Waals surface area contributed by atoms with E-state index in [-0.39, 0.29) is 5.78 Å². The Labute approximate surface area is 108 Å². The molecule has 0 bridgehead atoms. The third-order valence-electron chi connectivity index (χ3n) is 2.74. The Morgan fingerprint density at radius 3 is 3.06 bits per heavy atom. The van der Waals surface area contributed by atoms with Crippen molar-refractivity contribution in [3.63, 3.8) is 0 Å². The number of carbonyl (C=O) groups is 1. The molecule has 0 radical (unpaired) electrons. The molecule has 0 aliphatic carbocycles. The van der Waals surface area contributed by atoms with Gasteiger partial charge in [-0.25, -0.2) is 0 Å². The highest BCUT2D eigenvalue weighted by atomic mass is 35.5. The van der Waals surface area contributed by atoms with E-state index >= 15 is 0 Å². The summed E-state index contributed by atoms with van der Waals surface area (Å²) in [5.74, 6) is 0.688. The number of thiophene rings is 1. The van der Waals surface area contributed by atoms with Crippen LogP contribution in [0.25, 0.3) is 0 Å². The van der Waals surface area contributed by atoms with Crippen LogP contribution in [0.5, 0.6) is 5.75 Å². The minimum absolute atomic E-state index is 0.0133. The second kappa shape index (κ2) is 4.17. The monoisotopic (exact) mass is 264 g/mol. The lowest BCUT2D eigenvalue weighted by Gasteiger charge is -2.06. The third kappa shape index (κ3) is 1.85. The van der Waals surface area contributed by atoms with E-state index in [2.05, 4.69) is 0 Å². The molecule has 2 heterocycles. The van der Waals surface area contributed by atoms with E-state index in [1.165, 1.54) is 11.3 Å². The minimum Gasteiger partial charge on any atom is -0.492 e. The van der Waals surface area contributed by atoms with Gasteiger partial charge in [0.2, 0.25) is 5.78 Å². The van der Waals surface area contributed by atoms with Crippen molar-refractivity contribution in [2.45, 2.75) is 6.42 Å². The van der Waals surface area contributed by atoms with E-state index in [9.17, 15) is 4.79 Å². The van der Waals surface area contributed by atoms with Gasteiger partial charge >= 0.3 is 0 Å². The third-order valence-corrected chi connectivity index (χ3v) is 3.82. The van der Waals surface area contributed by atoms with Crippen LogP contribution >= 0.6 is 22.9 Å². The van der Waals surface area contributed by atoms with Crippen molar-refractivity contribution < 1.29 is 9.53 Å². The molecule has 0 unspecified atom stereocenters. The largest absolute Gasteiger partial charge is 0.492 e. The molecule has 0 fully saturated rings. The Bertz CT molecular complexity index is 575. The second-order valence-corrected chi connectivity index (χ2v) is 5.23. The van der Waals surface area contributed by atoms with Crippen LogP contribution in [0.2, 0.25) is 5.02 Å². The first kappa shape index (κ1) is 10.8. The molecule has 3 rings (SSSR count). The van der Waals surface area contributed by atoms with Gasteiger partial charge in [-0.2, -0.15) is 0 Å². The molecule has 0 atom stereocenters. The standard InChI is InChI=1S/C13H9ClO2S/c14-9-6-8-3-4-16-13(8)10(7-9)12(15)11-2-1-5-17-11/h1-2,5-7H,3-4H2. The molecule has 2 aromatic rings. The van der Waals surface area contributed by atoms with Crippen LogP contribution in [-0.4, -0.2) is 12.4 Å². The Morgan fingerprint density at radius 2 is 2.29 bits per heavy atom. The van der Waals surface area contributed by atoms with Crippen LogP contribution < -0.4 is 4.74 Å². The van der Waals surface area contributed by atoms with E-state index < -0.39 is 0 Å². The predicted molar refractivity (Wildman–Crippen MR) is 68.4 cm³/mol. The summed E-state index contributed by atoms with van der Waals surface area (Å²) < 4.78 is 5.53. The summed E-state index contributed by atoms with van der Waals surface area (Å²) in [5, 5.41) is 2.48. The molecule has 1 aliphatic rings. The molecular weight excluding hydrogens is 256 g/mol. The van der Waals surface area contributed by atoms with Crippen molar-refractivity contribution in [3.05, 3.63) is 50.7 Å². The van der Waals surface area contributed by atoms with Crippen molar-refractivity contribution in [2.24, 2.45) is 0 Å². The van der Waals surface area contributed by atoms with Gasteiger partial charge in [-0.1, -0.05) is 17.7 Å². The van der Waals surface area contributed by atoms with Crippen molar-refractivity contribution in [3.8, 4) is 5.75 Å². The van der Waals surface area contributed by atoms with E-state index in [4.69, 9.17) is 16.3 Å². The minimum atomic E-state index is -0.0133. The maximum atomic E-state index is 12.3.